The van der Waals surface area contributed by atoms with Gasteiger partial charge in [-0.05, 0) is 55.0 Å². The van der Waals surface area contributed by atoms with Crippen LogP contribution in [0, 0.1) is 6.92 Å². The molecule has 30 heavy (non-hydrogen) atoms. The molecule has 6 nitrogen and oxygen atoms in total. The van der Waals surface area contributed by atoms with Crippen LogP contribution in [0.4, 0.5) is 0 Å². The monoisotopic (exact) mass is 404 g/mol. The number of hydrogen-bond donors (Lipinski definition) is 2. The summed E-state index contributed by atoms with van der Waals surface area (Å²) in [7, 11) is 1.91. The number of hydrogen-bond acceptors (Lipinski definition) is 4. The maximum absolute atomic E-state index is 12.7. The molecule has 0 aliphatic heterocycles. The van der Waals surface area contributed by atoms with E-state index in [1.807, 2.05) is 32.3 Å². The fraction of sp³-hybridized carbons (Fsp3) is 0.375. The standard InChI is InChI=1S/C24H28N4O2/c1-16-15-25-22(24(30)26-21-5-3-4-6-23(21)29)14-19(16)13-17-7-9-18(10-8-17)20-11-12-28(2)27-20/h7-12,14-15,21,23,29H,3-6,13H2,1-2H3,(H,26,30)/t21-,23-/m0/s1. The lowest BCUT2D eigenvalue weighted by atomic mass is 9.92. The lowest BCUT2D eigenvalue weighted by Crippen LogP contribution is -2.45. The van der Waals surface area contributed by atoms with Gasteiger partial charge < -0.3 is 10.4 Å². The number of amides is 1. The largest absolute Gasteiger partial charge is 0.391 e. The third-order valence-electron chi connectivity index (χ3n) is 5.85. The molecule has 2 N–H and O–H groups in total. The molecule has 0 bridgehead atoms. The van der Waals surface area contributed by atoms with Gasteiger partial charge in [0, 0.05) is 25.0 Å². The van der Waals surface area contributed by atoms with E-state index in [2.05, 4.69) is 39.7 Å². The molecule has 1 fully saturated rings. The van der Waals surface area contributed by atoms with Crippen LogP contribution in [0.1, 0.15) is 52.9 Å². The Bertz CT molecular complexity index is 1030. The van der Waals surface area contributed by atoms with Gasteiger partial charge in [0.2, 0.25) is 0 Å². The van der Waals surface area contributed by atoms with E-state index >= 15 is 0 Å². The summed E-state index contributed by atoms with van der Waals surface area (Å²) in [5, 5.41) is 17.5. The van der Waals surface area contributed by atoms with Gasteiger partial charge in [0.25, 0.3) is 5.91 Å². The maximum atomic E-state index is 12.7. The van der Waals surface area contributed by atoms with Gasteiger partial charge in [-0.3, -0.25) is 14.5 Å². The zero-order valence-electron chi connectivity index (χ0n) is 17.5. The van der Waals surface area contributed by atoms with Crippen molar-refractivity contribution in [2.75, 3.05) is 0 Å². The Morgan fingerprint density at radius 1 is 1.20 bits per heavy atom. The van der Waals surface area contributed by atoms with Gasteiger partial charge in [0.15, 0.2) is 0 Å². The number of pyridine rings is 1. The lowest BCUT2D eigenvalue weighted by molar-refractivity contribution is 0.0713. The Labute approximate surface area is 177 Å². The second-order valence-corrected chi connectivity index (χ2v) is 8.18. The van der Waals surface area contributed by atoms with Gasteiger partial charge in [-0.15, -0.1) is 0 Å². The number of aromatic nitrogens is 3. The van der Waals surface area contributed by atoms with Crippen molar-refractivity contribution in [3.8, 4) is 11.3 Å². The van der Waals surface area contributed by atoms with Crippen LogP contribution < -0.4 is 5.32 Å². The minimum atomic E-state index is -0.467. The van der Waals surface area contributed by atoms with Crippen molar-refractivity contribution in [2.24, 2.45) is 7.05 Å². The maximum Gasteiger partial charge on any atom is 0.270 e. The summed E-state index contributed by atoms with van der Waals surface area (Å²) in [6, 6.07) is 12.0. The van der Waals surface area contributed by atoms with E-state index in [9.17, 15) is 9.90 Å². The summed E-state index contributed by atoms with van der Waals surface area (Å²) in [5.41, 5.74) is 5.73. The Morgan fingerprint density at radius 2 is 1.97 bits per heavy atom. The zero-order chi connectivity index (χ0) is 21.1. The van der Waals surface area contributed by atoms with Crippen molar-refractivity contribution >= 4 is 5.91 Å². The average Bonchev–Trinajstić information content (AvgIpc) is 3.18. The summed E-state index contributed by atoms with van der Waals surface area (Å²) in [6.45, 7) is 2.01. The Morgan fingerprint density at radius 3 is 2.67 bits per heavy atom. The normalized spacial score (nSPS) is 18.9. The van der Waals surface area contributed by atoms with Crippen molar-refractivity contribution in [3.05, 3.63) is 71.2 Å². The van der Waals surface area contributed by atoms with Gasteiger partial charge in [0.1, 0.15) is 5.69 Å². The Hall–Kier alpha value is -2.99. The molecule has 4 rings (SSSR count). The average molecular weight is 405 g/mol. The van der Waals surface area contributed by atoms with Gasteiger partial charge in [-0.2, -0.15) is 5.10 Å². The number of aliphatic hydroxyl groups excluding tert-OH is 1. The minimum absolute atomic E-state index is 0.183. The summed E-state index contributed by atoms with van der Waals surface area (Å²) in [5.74, 6) is -0.215. The number of rotatable bonds is 5. The Balaban J connectivity index is 1.47. The van der Waals surface area contributed by atoms with E-state index in [1.54, 1.807) is 10.9 Å². The smallest absolute Gasteiger partial charge is 0.270 e. The zero-order valence-corrected chi connectivity index (χ0v) is 17.5. The van der Waals surface area contributed by atoms with Crippen molar-refractivity contribution in [1.82, 2.24) is 20.1 Å². The van der Waals surface area contributed by atoms with Gasteiger partial charge in [-0.1, -0.05) is 37.1 Å². The molecule has 1 amide bonds. The van der Waals surface area contributed by atoms with Crippen molar-refractivity contribution in [3.63, 3.8) is 0 Å². The third kappa shape index (κ3) is 4.60. The minimum Gasteiger partial charge on any atom is -0.391 e. The molecule has 156 valence electrons. The highest BCUT2D eigenvalue weighted by molar-refractivity contribution is 5.92. The summed E-state index contributed by atoms with van der Waals surface area (Å²) in [4.78, 5) is 17.0. The van der Waals surface area contributed by atoms with Crippen LogP contribution in [0.5, 0.6) is 0 Å². The number of aliphatic hydroxyl groups is 1. The van der Waals surface area contributed by atoms with E-state index in [-0.39, 0.29) is 11.9 Å². The molecule has 0 spiro atoms. The number of benzene rings is 1. The first-order valence-corrected chi connectivity index (χ1v) is 10.5. The molecule has 1 saturated carbocycles. The van der Waals surface area contributed by atoms with Crippen LogP contribution in [0.15, 0.2) is 48.8 Å². The van der Waals surface area contributed by atoms with Gasteiger partial charge in [0.05, 0.1) is 17.8 Å². The lowest BCUT2D eigenvalue weighted by Gasteiger charge is -2.28. The summed E-state index contributed by atoms with van der Waals surface area (Å²) in [6.07, 6.45) is 7.54. The molecule has 1 aliphatic carbocycles. The number of carbonyl (C=O) groups excluding carboxylic acids is 1. The van der Waals surface area contributed by atoms with Crippen molar-refractivity contribution in [2.45, 2.75) is 51.2 Å². The van der Waals surface area contributed by atoms with Crippen LogP contribution in [0.25, 0.3) is 11.3 Å². The van der Waals surface area contributed by atoms with Crippen LogP contribution in [-0.4, -0.2) is 37.9 Å². The molecule has 2 atom stereocenters. The second-order valence-electron chi connectivity index (χ2n) is 8.18. The van der Waals surface area contributed by atoms with Crippen LogP contribution >= 0.6 is 0 Å². The van der Waals surface area contributed by atoms with Crippen molar-refractivity contribution in [1.29, 1.82) is 0 Å². The van der Waals surface area contributed by atoms with Crippen LogP contribution in [0.2, 0.25) is 0 Å². The van der Waals surface area contributed by atoms with E-state index in [4.69, 9.17) is 0 Å². The van der Waals surface area contributed by atoms with Gasteiger partial charge >= 0.3 is 0 Å². The number of nitrogens with zero attached hydrogens (tertiary/aromatic N) is 3. The van der Waals surface area contributed by atoms with Crippen molar-refractivity contribution < 1.29 is 9.90 Å². The summed E-state index contributed by atoms with van der Waals surface area (Å²) >= 11 is 0. The first kappa shape index (κ1) is 20.3. The fourth-order valence-corrected chi connectivity index (χ4v) is 3.98. The quantitative estimate of drug-likeness (QED) is 0.683. The molecule has 2 aromatic heterocycles. The van der Waals surface area contributed by atoms with E-state index in [1.165, 1.54) is 0 Å². The topological polar surface area (TPSA) is 80.0 Å². The number of aryl methyl sites for hydroxylation is 2. The highest BCUT2D eigenvalue weighted by atomic mass is 16.3. The molecule has 3 aromatic rings. The second kappa shape index (κ2) is 8.79. The summed E-state index contributed by atoms with van der Waals surface area (Å²) < 4.78 is 1.79. The molecule has 6 heteroatoms. The first-order chi connectivity index (χ1) is 14.5. The van der Waals surface area contributed by atoms with Crippen LogP contribution in [0.3, 0.4) is 0 Å². The molecular weight excluding hydrogens is 376 g/mol. The Kier molecular flexibility index (Phi) is 5.95. The third-order valence-corrected chi connectivity index (χ3v) is 5.85. The predicted molar refractivity (Wildman–Crippen MR) is 116 cm³/mol. The predicted octanol–water partition coefficient (Wildman–Crippen LogP) is 3.41. The molecule has 1 aromatic carbocycles. The molecular formula is C24H28N4O2. The van der Waals surface area contributed by atoms with E-state index in [0.29, 0.717) is 5.69 Å². The highest BCUT2D eigenvalue weighted by Gasteiger charge is 2.25. The van der Waals surface area contributed by atoms with Crippen LogP contribution in [-0.2, 0) is 13.5 Å². The molecule has 2 heterocycles. The molecule has 0 saturated heterocycles. The molecule has 0 radical (unpaired) electrons. The first-order valence-electron chi connectivity index (χ1n) is 10.5. The number of nitrogens with one attached hydrogen (secondary N) is 1. The molecule has 0 unspecified atom stereocenters. The fourth-order valence-electron chi connectivity index (χ4n) is 3.98. The SMILES string of the molecule is Cc1cnc(C(=O)N[C@H]2CCCC[C@@H]2O)cc1Cc1ccc(-c2ccn(C)n2)cc1. The molecule has 1 aliphatic rings. The highest BCUT2D eigenvalue weighted by Crippen LogP contribution is 2.21. The van der Waals surface area contributed by atoms with E-state index < -0.39 is 6.10 Å². The van der Waals surface area contributed by atoms with E-state index in [0.717, 1.165) is 60.1 Å². The number of carbonyl (C=O) groups is 1. The van der Waals surface area contributed by atoms with Gasteiger partial charge in [-0.25, -0.2) is 0 Å².